The molecule has 0 spiro atoms. The van der Waals surface area contributed by atoms with Gasteiger partial charge in [0.25, 0.3) is 5.91 Å². The number of hydrogen-bond donors (Lipinski definition) is 2. The highest BCUT2D eigenvalue weighted by Crippen LogP contribution is 2.45. The number of ether oxygens (including phenoxy) is 1. The number of aromatic nitrogens is 4. The van der Waals surface area contributed by atoms with E-state index in [1.165, 1.54) is 17.3 Å². The first kappa shape index (κ1) is 24.9. The fraction of sp³-hybridized carbons (Fsp3) is 0.240. The summed E-state index contributed by atoms with van der Waals surface area (Å²) in [6.07, 6.45) is 4.52. The Labute approximate surface area is 212 Å². The largest absolute Gasteiger partial charge is 0.493 e. The average Bonchev–Trinajstić information content (AvgIpc) is 2.86. The predicted molar refractivity (Wildman–Crippen MR) is 140 cm³/mol. The molecule has 4 aromatic rings. The smallest absolute Gasteiger partial charge is 0.271 e. The Morgan fingerprint density at radius 3 is 2.58 bits per heavy atom. The predicted octanol–water partition coefficient (Wildman–Crippen LogP) is 3.38. The van der Waals surface area contributed by atoms with E-state index in [-0.39, 0.29) is 28.6 Å². The zero-order valence-electron chi connectivity index (χ0n) is 20.3. The number of nitrogen functional groups attached to an aromatic ring is 2. The number of fused-ring (bicyclic) bond motifs is 1. The van der Waals surface area contributed by atoms with Crippen molar-refractivity contribution in [2.24, 2.45) is 0 Å². The highest BCUT2D eigenvalue weighted by molar-refractivity contribution is 6.34. The van der Waals surface area contributed by atoms with Gasteiger partial charge in [0.2, 0.25) is 0 Å². The first-order valence-corrected chi connectivity index (χ1v) is 11.6. The minimum Gasteiger partial charge on any atom is -0.493 e. The Hall–Kier alpha value is -4.18. The quantitative estimate of drug-likeness (QED) is 0.378. The van der Waals surface area contributed by atoms with Gasteiger partial charge in [-0.2, -0.15) is 0 Å². The van der Waals surface area contributed by atoms with E-state index < -0.39 is 0 Å². The molecule has 0 radical (unpaired) electrons. The Balaban J connectivity index is 1.93. The third-order valence-electron chi connectivity index (χ3n) is 5.87. The Kier molecular flexibility index (Phi) is 6.80. The Morgan fingerprint density at radius 1 is 1.19 bits per heavy atom. The molecule has 4 N–H and O–H groups in total. The molecule has 1 atom stereocenters. The number of anilines is 2. The van der Waals surface area contributed by atoms with Crippen LogP contribution in [0.25, 0.3) is 22.2 Å². The molecule has 0 aliphatic heterocycles. The van der Waals surface area contributed by atoms with Gasteiger partial charge in [0.05, 0.1) is 28.9 Å². The maximum absolute atomic E-state index is 12.5. The standard InChI is InChI=1S/C25H26ClN7O3/c1-5-36-22-15(13(2)33-9-8-18(34)20-23(28)30-12-31-24(20)33)10-16(26)21(27)19(22)14-6-7-17(29-11-14)25(35)32(3)4/h6-13H,5,27H2,1-4H3,(H2,28,30,31). The summed E-state index contributed by atoms with van der Waals surface area (Å²) in [6, 6.07) is 6.16. The average molecular weight is 508 g/mol. The van der Waals surface area contributed by atoms with Gasteiger partial charge in [-0.25, -0.2) is 9.97 Å². The molecule has 3 aromatic heterocycles. The van der Waals surface area contributed by atoms with E-state index in [4.69, 9.17) is 27.8 Å². The maximum Gasteiger partial charge on any atom is 0.271 e. The van der Waals surface area contributed by atoms with Crippen molar-refractivity contribution in [1.29, 1.82) is 0 Å². The number of benzene rings is 1. The van der Waals surface area contributed by atoms with Crippen molar-refractivity contribution in [2.45, 2.75) is 19.9 Å². The fourth-order valence-corrected chi connectivity index (χ4v) is 4.26. The molecule has 0 aliphatic rings. The third-order valence-corrected chi connectivity index (χ3v) is 6.18. The number of halogens is 1. The summed E-state index contributed by atoms with van der Waals surface area (Å²) in [6.45, 7) is 4.15. The lowest BCUT2D eigenvalue weighted by molar-refractivity contribution is 0.0822. The van der Waals surface area contributed by atoms with E-state index in [1.807, 2.05) is 13.8 Å². The van der Waals surface area contributed by atoms with Crippen molar-refractivity contribution in [1.82, 2.24) is 24.4 Å². The van der Waals surface area contributed by atoms with Crippen molar-refractivity contribution < 1.29 is 9.53 Å². The Bertz CT molecular complexity index is 1520. The molecule has 1 amide bonds. The molecule has 10 nitrogen and oxygen atoms in total. The lowest BCUT2D eigenvalue weighted by atomic mass is 9.96. The first-order valence-electron chi connectivity index (χ1n) is 11.2. The van der Waals surface area contributed by atoms with Crippen LogP contribution in [0.1, 0.15) is 35.9 Å². The highest BCUT2D eigenvalue weighted by atomic mass is 35.5. The van der Waals surface area contributed by atoms with Crippen LogP contribution in [0.5, 0.6) is 5.75 Å². The number of carbonyl (C=O) groups excluding carboxylic acids is 1. The summed E-state index contributed by atoms with van der Waals surface area (Å²) in [5.41, 5.74) is 15.0. The zero-order chi connectivity index (χ0) is 26.1. The molecular weight excluding hydrogens is 482 g/mol. The SMILES string of the molecule is CCOc1c(C(C)n2ccc(=O)c3c(N)ncnc32)cc(Cl)c(N)c1-c1ccc(C(=O)N(C)C)nc1. The minimum absolute atomic E-state index is 0.103. The molecule has 1 aromatic carbocycles. The molecule has 186 valence electrons. The van der Waals surface area contributed by atoms with E-state index in [1.54, 1.807) is 49.3 Å². The molecule has 11 heteroatoms. The second kappa shape index (κ2) is 9.82. The summed E-state index contributed by atoms with van der Waals surface area (Å²) in [4.78, 5) is 38.8. The van der Waals surface area contributed by atoms with Crippen LogP contribution in [-0.4, -0.2) is 51.0 Å². The second-order valence-corrected chi connectivity index (χ2v) is 8.76. The lowest BCUT2D eigenvalue weighted by Crippen LogP contribution is -2.22. The molecular formula is C25H26ClN7O3. The van der Waals surface area contributed by atoms with Gasteiger partial charge < -0.3 is 25.7 Å². The van der Waals surface area contributed by atoms with Crippen molar-refractivity contribution >= 4 is 40.0 Å². The fourth-order valence-electron chi connectivity index (χ4n) is 4.05. The van der Waals surface area contributed by atoms with Crippen LogP contribution in [0.3, 0.4) is 0 Å². The number of carbonyl (C=O) groups is 1. The third kappa shape index (κ3) is 4.31. The van der Waals surface area contributed by atoms with E-state index in [0.29, 0.717) is 51.1 Å². The maximum atomic E-state index is 12.5. The van der Waals surface area contributed by atoms with Gasteiger partial charge in [0.1, 0.15) is 34.6 Å². The topological polar surface area (TPSA) is 142 Å². The summed E-state index contributed by atoms with van der Waals surface area (Å²) in [7, 11) is 3.32. The number of nitrogens with two attached hydrogens (primary N) is 2. The van der Waals surface area contributed by atoms with E-state index >= 15 is 0 Å². The van der Waals surface area contributed by atoms with Crippen molar-refractivity contribution in [3.8, 4) is 16.9 Å². The van der Waals surface area contributed by atoms with Crippen LogP contribution in [0.4, 0.5) is 11.5 Å². The molecule has 1 unspecified atom stereocenters. The molecule has 4 rings (SSSR count). The van der Waals surface area contributed by atoms with Crippen LogP contribution >= 0.6 is 11.6 Å². The molecule has 0 bridgehead atoms. The van der Waals surface area contributed by atoms with Crippen molar-refractivity contribution in [3.05, 3.63) is 69.5 Å². The minimum atomic E-state index is -0.386. The van der Waals surface area contributed by atoms with Gasteiger partial charge in [-0.05, 0) is 26.0 Å². The van der Waals surface area contributed by atoms with Gasteiger partial charge in [0.15, 0.2) is 5.43 Å². The summed E-state index contributed by atoms with van der Waals surface area (Å²) in [5.74, 6) is 0.395. The summed E-state index contributed by atoms with van der Waals surface area (Å²) >= 11 is 6.60. The number of rotatable bonds is 6. The highest BCUT2D eigenvalue weighted by Gasteiger charge is 2.24. The normalized spacial score (nSPS) is 11.9. The first-order chi connectivity index (χ1) is 17.1. The van der Waals surface area contributed by atoms with Crippen LogP contribution in [0.15, 0.2) is 47.8 Å². The van der Waals surface area contributed by atoms with E-state index in [2.05, 4.69) is 15.0 Å². The molecule has 0 aliphatic carbocycles. The van der Waals surface area contributed by atoms with Gasteiger partial charge >= 0.3 is 0 Å². The molecule has 3 heterocycles. The second-order valence-electron chi connectivity index (χ2n) is 8.35. The van der Waals surface area contributed by atoms with Gasteiger partial charge in [-0.15, -0.1) is 0 Å². The van der Waals surface area contributed by atoms with Gasteiger partial charge in [-0.3, -0.25) is 14.6 Å². The lowest BCUT2D eigenvalue weighted by Gasteiger charge is -2.24. The summed E-state index contributed by atoms with van der Waals surface area (Å²) in [5, 5.41) is 0.556. The molecule has 0 fully saturated rings. The van der Waals surface area contributed by atoms with Crippen LogP contribution in [-0.2, 0) is 0 Å². The zero-order valence-corrected chi connectivity index (χ0v) is 21.1. The monoisotopic (exact) mass is 507 g/mol. The van der Waals surface area contributed by atoms with Crippen molar-refractivity contribution in [2.75, 3.05) is 32.2 Å². The van der Waals surface area contributed by atoms with E-state index in [9.17, 15) is 9.59 Å². The van der Waals surface area contributed by atoms with Crippen molar-refractivity contribution in [3.63, 3.8) is 0 Å². The van der Waals surface area contributed by atoms with Crippen LogP contribution < -0.4 is 21.6 Å². The number of nitrogens with zero attached hydrogens (tertiary/aromatic N) is 5. The molecule has 0 saturated heterocycles. The van der Waals surface area contributed by atoms with Crippen LogP contribution in [0.2, 0.25) is 5.02 Å². The number of pyridine rings is 2. The van der Waals surface area contributed by atoms with Gasteiger partial charge in [0, 0.05) is 43.7 Å². The Morgan fingerprint density at radius 2 is 1.94 bits per heavy atom. The summed E-state index contributed by atoms with van der Waals surface area (Å²) < 4.78 is 7.91. The van der Waals surface area contributed by atoms with E-state index in [0.717, 1.165) is 0 Å². The number of hydrogen-bond acceptors (Lipinski definition) is 8. The molecule has 0 saturated carbocycles. The van der Waals surface area contributed by atoms with Gasteiger partial charge in [-0.1, -0.05) is 17.7 Å². The number of amides is 1. The van der Waals surface area contributed by atoms with Crippen LogP contribution in [0, 0.1) is 0 Å². The molecule has 36 heavy (non-hydrogen) atoms.